The number of piperidine rings is 1. The van der Waals surface area contributed by atoms with Crippen molar-refractivity contribution in [1.29, 1.82) is 0 Å². The number of nitrogens with zero attached hydrogens (tertiary/aromatic N) is 2. The molecule has 2 fully saturated rings. The van der Waals surface area contributed by atoms with Gasteiger partial charge in [-0.05, 0) is 55.4 Å². The minimum atomic E-state index is -0.369. The van der Waals surface area contributed by atoms with Gasteiger partial charge in [-0.3, -0.25) is 9.78 Å². The van der Waals surface area contributed by atoms with Crippen LogP contribution < -0.4 is 0 Å². The van der Waals surface area contributed by atoms with Gasteiger partial charge in [0.05, 0.1) is 18.2 Å². The van der Waals surface area contributed by atoms with Gasteiger partial charge >= 0.3 is 0 Å². The molecule has 1 saturated heterocycles. The van der Waals surface area contributed by atoms with E-state index < -0.39 is 0 Å². The Balaban J connectivity index is 1.63. The lowest BCUT2D eigenvalue weighted by molar-refractivity contribution is -0.140. The molecule has 0 N–H and O–H groups in total. The van der Waals surface area contributed by atoms with Crippen molar-refractivity contribution in [3.63, 3.8) is 0 Å². The van der Waals surface area contributed by atoms with Crippen LogP contribution >= 0.6 is 0 Å². The molecule has 2 aliphatic rings. The summed E-state index contributed by atoms with van der Waals surface area (Å²) < 4.78 is 20.3. The SMILES string of the molecule is O=C1CCCCN1[C@@H](c1ccc(F)cc1)[C@@H](OCC1CC1)c1cccc2cccnc12. The van der Waals surface area contributed by atoms with Crippen molar-refractivity contribution in [2.45, 2.75) is 44.2 Å². The average molecular weight is 419 g/mol. The van der Waals surface area contributed by atoms with Crippen LogP contribution in [0.15, 0.2) is 60.8 Å². The minimum absolute atomic E-state index is 0.133. The standard InChI is InChI=1S/C26H27FN2O2/c27-21-13-11-20(12-14-21)25(29-16-2-1-8-23(29)30)26(31-17-18-9-10-18)22-7-3-5-19-6-4-15-28-24(19)22/h3-7,11-15,18,25-26H,1-2,8-10,16-17H2/t25-,26-/m0/s1. The lowest BCUT2D eigenvalue weighted by Gasteiger charge is -2.40. The van der Waals surface area contributed by atoms with Gasteiger partial charge in [0.15, 0.2) is 0 Å². The molecule has 160 valence electrons. The maximum Gasteiger partial charge on any atom is 0.223 e. The van der Waals surface area contributed by atoms with Crippen LogP contribution in [0.5, 0.6) is 0 Å². The fourth-order valence-corrected chi connectivity index (χ4v) is 4.53. The van der Waals surface area contributed by atoms with Crippen LogP contribution in [0.25, 0.3) is 10.9 Å². The zero-order chi connectivity index (χ0) is 21.2. The van der Waals surface area contributed by atoms with Crippen molar-refractivity contribution in [1.82, 2.24) is 9.88 Å². The number of para-hydroxylation sites is 1. The molecule has 0 unspecified atom stereocenters. The number of carbonyl (C=O) groups is 1. The largest absolute Gasteiger partial charge is 0.371 e. The van der Waals surface area contributed by atoms with Crippen LogP contribution in [0.3, 0.4) is 0 Å². The van der Waals surface area contributed by atoms with Crippen molar-refractivity contribution < 1.29 is 13.9 Å². The van der Waals surface area contributed by atoms with E-state index >= 15 is 0 Å². The van der Waals surface area contributed by atoms with Crippen molar-refractivity contribution in [2.75, 3.05) is 13.2 Å². The monoisotopic (exact) mass is 418 g/mol. The normalized spacial score (nSPS) is 18.9. The third-order valence-electron chi connectivity index (χ3n) is 6.37. The van der Waals surface area contributed by atoms with Crippen molar-refractivity contribution >= 4 is 16.8 Å². The molecular formula is C26H27FN2O2. The van der Waals surface area contributed by atoms with Gasteiger partial charge < -0.3 is 9.64 Å². The van der Waals surface area contributed by atoms with Crippen LogP contribution in [0.2, 0.25) is 0 Å². The van der Waals surface area contributed by atoms with Crippen LogP contribution in [0.1, 0.15) is 55.4 Å². The number of hydrogen-bond acceptors (Lipinski definition) is 3. The Morgan fingerprint density at radius 1 is 1.06 bits per heavy atom. The van der Waals surface area contributed by atoms with Gasteiger partial charge in [0.1, 0.15) is 11.9 Å². The summed E-state index contributed by atoms with van der Waals surface area (Å²) in [6, 6.07) is 16.3. The van der Waals surface area contributed by atoms with E-state index in [1.54, 1.807) is 18.3 Å². The summed E-state index contributed by atoms with van der Waals surface area (Å²) in [6.45, 7) is 1.34. The highest BCUT2D eigenvalue weighted by molar-refractivity contribution is 5.82. The molecule has 4 nitrogen and oxygen atoms in total. The summed E-state index contributed by atoms with van der Waals surface area (Å²) in [7, 11) is 0. The predicted octanol–water partition coefficient (Wildman–Crippen LogP) is 5.60. The molecule has 5 heteroatoms. The van der Waals surface area contributed by atoms with E-state index in [1.807, 2.05) is 29.2 Å². The molecule has 1 aliphatic carbocycles. The molecule has 2 aromatic carbocycles. The van der Waals surface area contributed by atoms with E-state index in [9.17, 15) is 9.18 Å². The molecule has 0 radical (unpaired) electrons. The predicted molar refractivity (Wildman–Crippen MR) is 118 cm³/mol. The van der Waals surface area contributed by atoms with Gasteiger partial charge in [0.25, 0.3) is 0 Å². The molecule has 2 heterocycles. The Hall–Kier alpha value is -2.79. The van der Waals surface area contributed by atoms with Crippen molar-refractivity contribution in [2.24, 2.45) is 5.92 Å². The van der Waals surface area contributed by atoms with Crippen LogP contribution in [-0.2, 0) is 9.53 Å². The average Bonchev–Trinajstić information content (AvgIpc) is 3.63. The maximum absolute atomic E-state index is 13.7. The number of aromatic nitrogens is 1. The molecule has 1 aromatic heterocycles. The Morgan fingerprint density at radius 3 is 2.65 bits per heavy atom. The van der Waals surface area contributed by atoms with Gasteiger partial charge in [-0.25, -0.2) is 4.39 Å². The number of carbonyl (C=O) groups excluding carboxylic acids is 1. The van der Waals surface area contributed by atoms with Gasteiger partial charge in [0.2, 0.25) is 5.91 Å². The zero-order valence-electron chi connectivity index (χ0n) is 17.5. The van der Waals surface area contributed by atoms with E-state index in [0.717, 1.165) is 34.9 Å². The Morgan fingerprint density at radius 2 is 1.87 bits per heavy atom. The number of amides is 1. The molecule has 1 saturated carbocycles. The second kappa shape index (κ2) is 8.75. The first-order valence-electron chi connectivity index (χ1n) is 11.2. The Kier molecular flexibility index (Phi) is 5.68. The van der Waals surface area contributed by atoms with Crippen molar-refractivity contribution in [3.8, 4) is 0 Å². The Labute approximate surface area is 182 Å². The second-order valence-electron chi connectivity index (χ2n) is 8.66. The van der Waals surface area contributed by atoms with E-state index in [0.29, 0.717) is 25.5 Å². The third kappa shape index (κ3) is 4.33. The number of likely N-dealkylation sites (tertiary alicyclic amines) is 1. The number of fused-ring (bicyclic) bond motifs is 1. The maximum atomic E-state index is 13.7. The van der Waals surface area contributed by atoms with E-state index in [-0.39, 0.29) is 23.9 Å². The smallest absolute Gasteiger partial charge is 0.223 e. The first-order valence-corrected chi connectivity index (χ1v) is 11.2. The minimum Gasteiger partial charge on any atom is -0.371 e. The molecular weight excluding hydrogens is 391 g/mol. The van der Waals surface area contributed by atoms with Crippen LogP contribution in [0.4, 0.5) is 4.39 Å². The summed E-state index contributed by atoms with van der Waals surface area (Å²) in [6.07, 6.45) is 6.21. The fourth-order valence-electron chi connectivity index (χ4n) is 4.53. The summed E-state index contributed by atoms with van der Waals surface area (Å²) in [5.74, 6) is 0.430. The summed E-state index contributed by atoms with van der Waals surface area (Å²) in [5, 5.41) is 1.04. The first kappa shape index (κ1) is 20.1. The van der Waals surface area contributed by atoms with E-state index in [4.69, 9.17) is 4.74 Å². The number of hydrogen-bond donors (Lipinski definition) is 0. The highest BCUT2D eigenvalue weighted by atomic mass is 19.1. The topological polar surface area (TPSA) is 42.4 Å². The van der Waals surface area contributed by atoms with Gasteiger partial charge in [0, 0.05) is 30.1 Å². The first-order chi connectivity index (χ1) is 15.2. The molecule has 5 rings (SSSR count). The fraction of sp³-hybridized carbons (Fsp3) is 0.385. The van der Waals surface area contributed by atoms with E-state index in [2.05, 4.69) is 11.1 Å². The lowest BCUT2D eigenvalue weighted by atomic mass is 9.91. The molecule has 1 aliphatic heterocycles. The molecule has 3 aromatic rings. The number of pyridine rings is 1. The second-order valence-corrected chi connectivity index (χ2v) is 8.66. The van der Waals surface area contributed by atoms with Gasteiger partial charge in [-0.15, -0.1) is 0 Å². The highest BCUT2D eigenvalue weighted by Gasteiger charge is 2.37. The van der Waals surface area contributed by atoms with E-state index in [1.165, 1.54) is 25.0 Å². The summed E-state index contributed by atoms with van der Waals surface area (Å²) in [4.78, 5) is 19.6. The number of benzene rings is 2. The van der Waals surface area contributed by atoms with Crippen molar-refractivity contribution in [3.05, 3.63) is 77.7 Å². The molecule has 0 spiro atoms. The van der Waals surface area contributed by atoms with Gasteiger partial charge in [-0.1, -0.05) is 36.4 Å². The number of ether oxygens (including phenoxy) is 1. The lowest BCUT2D eigenvalue weighted by Crippen LogP contribution is -2.41. The van der Waals surface area contributed by atoms with Gasteiger partial charge in [-0.2, -0.15) is 0 Å². The Bertz CT molecular complexity index is 1060. The van der Waals surface area contributed by atoms with Crippen LogP contribution in [-0.4, -0.2) is 28.9 Å². The molecule has 1 amide bonds. The van der Waals surface area contributed by atoms with Crippen LogP contribution in [0, 0.1) is 11.7 Å². The zero-order valence-corrected chi connectivity index (χ0v) is 17.5. The molecule has 31 heavy (non-hydrogen) atoms. The number of rotatable bonds is 7. The summed E-state index contributed by atoms with van der Waals surface area (Å²) >= 11 is 0. The quantitative estimate of drug-likeness (QED) is 0.502. The molecule has 0 bridgehead atoms. The molecule has 2 atom stereocenters. The third-order valence-corrected chi connectivity index (χ3v) is 6.37. The number of halogens is 1. The highest BCUT2D eigenvalue weighted by Crippen LogP contribution is 2.42. The summed E-state index contributed by atoms with van der Waals surface area (Å²) in [5.41, 5.74) is 2.76.